The third-order valence-electron chi connectivity index (χ3n) is 3.05. The van der Waals surface area contributed by atoms with Gasteiger partial charge in [0.2, 0.25) is 0 Å². The summed E-state index contributed by atoms with van der Waals surface area (Å²) < 4.78 is 10.9. The minimum Gasteiger partial charge on any atom is -0.493 e. The first-order valence-corrected chi connectivity index (χ1v) is 7.08. The van der Waals surface area contributed by atoms with E-state index in [0.29, 0.717) is 23.8 Å². The molecule has 0 amide bonds. The van der Waals surface area contributed by atoms with Gasteiger partial charge < -0.3 is 14.6 Å². The Morgan fingerprint density at radius 1 is 1.26 bits per heavy atom. The first kappa shape index (κ1) is 16.4. The van der Waals surface area contributed by atoms with Gasteiger partial charge in [-0.1, -0.05) is 6.07 Å². The molecule has 0 unspecified atom stereocenters. The number of hydrazone groups is 1. The van der Waals surface area contributed by atoms with Crippen molar-refractivity contribution >= 4 is 17.9 Å². The number of rotatable bonds is 7. The third kappa shape index (κ3) is 4.23. The molecule has 0 aromatic heterocycles. The molecule has 0 aliphatic carbocycles. The minimum atomic E-state index is -0.960. The van der Waals surface area contributed by atoms with Crippen molar-refractivity contribution in [1.29, 1.82) is 0 Å². The molecule has 0 radical (unpaired) electrons. The molecule has 2 rings (SSSR count). The monoisotopic (exact) mass is 314 g/mol. The largest absolute Gasteiger partial charge is 0.493 e. The molecule has 2 N–H and O–H groups in total. The molecule has 0 saturated carbocycles. The Labute approximate surface area is 134 Å². The van der Waals surface area contributed by atoms with Gasteiger partial charge in [0.25, 0.3) is 0 Å². The van der Waals surface area contributed by atoms with Gasteiger partial charge in [0.05, 0.1) is 31.2 Å². The zero-order valence-electron chi connectivity index (χ0n) is 12.9. The van der Waals surface area contributed by atoms with E-state index in [1.54, 1.807) is 25.5 Å². The maximum atomic E-state index is 10.8. The van der Waals surface area contributed by atoms with Crippen LogP contribution in [0.25, 0.3) is 0 Å². The molecule has 2 aromatic rings. The second-order valence-corrected chi connectivity index (χ2v) is 4.56. The van der Waals surface area contributed by atoms with Crippen LogP contribution in [-0.2, 0) is 0 Å². The Balaban J connectivity index is 2.12. The molecule has 0 fully saturated rings. The summed E-state index contributed by atoms with van der Waals surface area (Å²) in [5.74, 6) is 0.309. The van der Waals surface area contributed by atoms with Crippen molar-refractivity contribution in [2.24, 2.45) is 5.10 Å². The quantitative estimate of drug-likeness (QED) is 0.606. The molecule has 0 atom stereocenters. The predicted molar refractivity (Wildman–Crippen MR) is 88.8 cm³/mol. The molecule has 2 aromatic carbocycles. The molecule has 23 heavy (non-hydrogen) atoms. The molecule has 0 aliphatic rings. The highest BCUT2D eigenvalue weighted by atomic mass is 16.5. The van der Waals surface area contributed by atoms with Gasteiger partial charge in [0, 0.05) is 5.56 Å². The molecular weight excluding hydrogens is 296 g/mol. The molecule has 6 nitrogen and oxygen atoms in total. The summed E-state index contributed by atoms with van der Waals surface area (Å²) in [4.78, 5) is 10.8. The van der Waals surface area contributed by atoms with Crippen LogP contribution in [-0.4, -0.2) is 31.0 Å². The van der Waals surface area contributed by atoms with E-state index < -0.39 is 5.97 Å². The van der Waals surface area contributed by atoms with E-state index in [0.717, 1.165) is 5.56 Å². The lowest BCUT2D eigenvalue weighted by molar-refractivity contribution is 0.0697. The van der Waals surface area contributed by atoms with Gasteiger partial charge in [-0.2, -0.15) is 5.10 Å². The number of benzene rings is 2. The van der Waals surface area contributed by atoms with Crippen molar-refractivity contribution in [1.82, 2.24) is 0 Å². The lowest BCUT2D eigenvalue weighted by Gasteiger charge is -2.11. The standard InChI is InChI=1S/C17H18N2O4/c1-3-23-16-13(5-4-6-15(16)22-2)11-18-19-14-9-7-12(8-10-14)17(20)21/h4-11,19H,3H2,1-2H3,(H,20,21)/b18-11+. The number of hydrogen-bond acceptors (Lipinski definition) is 5. The summed E-state index contributed by atoms with van der Waals surface area (Å²) in [7, 11) is 1.58. The van der Waals surface area contributed by atoms with E-state index in [1.807, 2.05) is 25.1 Å². The number of aromatic carboxylic acids is 1. The van der Waals surface area contributed by atoms with E-state index >= 15 is 0 Å². The number of methoxy groups -OCH3 is 1. The number of carbonyl (C=O) groups is 1. The first-order chi connectivity index (χ1) is 11.2. The topological polar surface area (TPSA) is 80.2 Å². The number of carboxylic acids is 1. The number of anilines is 1. The van der Waals surface area contributed by atoms with E-state index in [-0.39, 0.29) is 5.56 Å². The van der Waals surface area contributed by atoms with Gasteiger partial charge in [0.15, 0.2) is 11.5 Å². The maximum absolute atomic E-state index is 10.8. The number of carboxylic acid groups (broad SMARTS) is 1. The van der Waals surface area contributed by atoms with E-state index in [9.17, 15) is 4.79 Å². The highest BCUT2D eigenvalue weighted by Gasteiger charge is 2.08. The van der Waals surface area contributed by atoms with E-state index in [2.05, 4.69) is 10.5 Å². The highest BCUT2D eigenvalue weighted by Crippen LogP contribution is 2.30. The summed E-state index contributed by atoms with van der Waals surface area (Å²) in [6.07, 6.45) is 1.62. The molecule has 0 aliphatic heterocycles. The molecule has 6 heteroatoms. The van der Waals surface area contributed by atoms with Crippen LogP contribution in [0.15, 0.2) is 47.6 Å². The van der Waals surface area contributed by atoms with Crippen LogP contribution in [0.2, 0.25) is 0 Å². The molecule has 120 valence electrons. The molecular formula is C17H18N2O4. The van der Waals surface area contributed by atoms with Crippen molar-refractivity contribution in [2.75, 3.05) is 19.1 Å². The lowest BCUT2D eigenvalue weighted by Crippen LogP contribution is -2.00. The van der Waals surface area contributed by atoms with Crippen molar-refractivity contribution in [3.8, 4) is 11.5 Å². The van der Waals surface area contributed by atoms with Gasteiger partial charge in [-0.15, -0.1) is 0 Å². The highest BCUT2D eigenvalue weighted by molar-refractivity contribution is 5.88. The fraction of sp³-hybridized carbons (Fsp3) is 0.176. The zero-order valence-corrected chi connectivity index (χ0v) is 12.9. The Hall–Kier alpha value is -3.02. The SMILES string of the molecule is CCOc1c(/C=N/Nc2ccc(C(=O)O)cc2)cccc1OC. The van der Waals surface area contributed by atoms with E-state index in [1.165, 1.54) is 12.1 Å². The number of nitrogens with one attached hydrogen (secondary N) is 1. The van der Waals surface area contributed by atoms with Gasteiger partial charge in [-0.3, -0.25) is 5.43 Å². The summed E-state index contributed by atoms with van der Waals surface area (Å²) in [5, 5.41) is 13.0. The summed E-state index contributed by atoms with van der Waals surface area (Å²) in [6.45, 7) is 2.42. The second kappa shape index (κ2) is 7.84. The Bertz CT molecular complexity index is 696. The smallest absolute Gasteiger partial charge is 0.335 e. The Morgan fingerprint density at radius 2 is 2.00 bits per heavy atom. The number of hydrogen-bond donors (Lipinski definition) is 2. The maximum Gasteiger partial charge on any atom is 0.335 e. The van der Waals surface area contributed by atoms with Crippen molar-refractivity contribution in [3.05, 3.63) is 53.6 Å². The molecule has 0 heterocycles. The fourth-order valence-electron chi connectivity index (χ4n) is 1.96. The van der Waals surface area contributed by atoms with Crippen LogP contribution in [0.5, 0.6) is 11.5 Å². The van der Waals surface area contributed by atoms with Crippen LogP contribution in [0.4, 0.5) is 5.69 Å². The minimum absolute atomic E-state index is 0.228. The molecule has 0 bridgehead atoms. The average Bonchev–Trinajstić information content (AvgIpc) is 2.56. The van der Waals surface area contributed by atoms with Crippen LogP contribution in [0, 0.1) is 0 Å². The number of nitrogens with zero attached hydrogens (tertiary/aromatic N) is 1. The lowest BCUT2D eigenvalue weighted by atomic mass is 10.2. The Kier molecular flexibility index (Phi) is 5.57. The van der Waals surface area contributed by atoms with Crippen molar-refractivity contribution in [3.63, 3.8) is 0 Å². The van der Waals surface area contributed by atoms with Crippen LogP contribution >= 0.6 is 0 Å². The second-order valence-electron chi connectivity index (χ2n) is 4.56. The van der Waals surface area contributed by atoms with Gasteiger partial charge >= 0.3 is 5.97 Å². The fourth-order valence-corrected chi connectivity index (χ4v) is 1.96. The van der Waals surface area contributed by atoms with Crippen molar-refractivity contribution in [2.45, 2.75) is 6.92 Å². The summed E-state index contributed by atoms with van der Waals surface area (Å²) in [5.41, 5.74) is 4.54. The van der Waals surface area contributed by atoms with Crippen LogP contribution in [0.1, 0.15) is 22.8 Å². The molecule has 0 spiro atoms. The Morgan fingerprint density at radius 3 is 2.61 bits per heavy atom. The third-order valence-corrected chi connectivity index (χ3v) is 3.05. The van der Waals surface area contributed by atoms with Gasteiger partial charge in [-0.05, 0) is 43.3 Å². The van der Waals surface area contributed by atoms with Crippen LogP contribution < -0.4 is 14.9 Å². The van der Waals surface area contributed by atoms with Gasteiger partial charge in [-0.25, -0.2) is 4.79 Å². The number of para-hydroxylation sites is 1. The van der Waals surface area contributed by atoms with Crippen molar-refractivity contribution < 1.29 is 19.4 Å². The summed E-state index contributed by atoms with van der Waals surface area (Å²) >= 11 is 0. The van der Waals surface area contributed by atoms with Gasteiger partial charge in [0.1, 0.15) is 0 Å². The van der Waals surface area contributed by atoms with E-state index in [4.69, 9.17) is 14.6 Å². The predicted octanol–water partition coefficient (Wildman–Crippen LogP) is 3.24. The summed E-state index contributed by atoms with van der Waals surface area (Å²) in [6, 6.07) is 11.9. The average molecular weight is 314 g/mol. The van der Waals surface area contributed by atoms with Crippen LogP contribution in [0.3, 0.4) is 0 Å². The number of ether oxygens (including phenoxy) is 2. The zero-order chi connectivity index (χ0) is 16.7. The normalized spacial score (nSPS) is 10.5. The molecule has 0 saturated heterocycles. The first-order valence-electron chi connectivity index (χ1n) is 7.08.